The number of esters is 1. The highest BCUT2D eigenvalue weighted by molar-refractivity contribution is 7.71. The Balaban J connectivity index is 1.75. The maximum Gasteiger partial charge on any atom is 0.314 e. The summed E-state index contributed by atoms with van der Waals surface area (Å²) in [6.45, 7) is 4.69. The van der Waals surface area contributed by atoms with Gasteiger partial charge in [0.05, 0.1) is 26.8 Å². The molecule has 1 N–H and O–H groups in total. The molecule has 3 rings (SSSR count). The zero-order valence-corrected chi connectivity index (χ0v) is 16.9. The fourth-order valence-corrected chi connectivity index (χ4v) is 3.74. The smallest absolute Gasteiger partial charge is 0.314 e. The highest BCUT2D eigenvalue weighted by Gasteiger charge is 2.30. The highest BCUT2D eigenvalue weighted by Crippen LogP contribution is 2.20. The van der Waals surface area contributed by atoms with Crippen molar-refractivity contribution in [3.8, 4) is 17.1 Å². The first-order chi connectivity index (χ1) is 13.0. The van der Waals surface area contributed by atoms with Gasteiger partial charge in [0.2, 0.25) is 4.77 Å². The second-order valence-electron chi connectivity index (χ2n) is 6.85. The van der Waals surface area contributed by atoms with Gasteiger partial charge in [-0.1, -0.05) is 0 Å². The van der Waals surface area contributed by atoms with E-state index in [1.807, 2.05) is 47.5 Å². The summed E-state index contributed by atoms with van der Waals surface area (Å²) in [5.41, 5.74) is 0.987. The van der Waals surface area contributed by atoms with E-state index >= 15 is 0 Å². The first-order valence-corrected chi connectivity index (χ1v) is 9.72. The quantitative estimate of drug-likeness (QED) is 0.596. The van der Waals surface area contributed by atoms with Crippen LogP contribution in [0, 0.1) is 10.7 Å². The minimum Gasteiger partial charge on any atom is -0.497 e. The van der Waals surface area contributed by atoms with Crippen LogP contribution < -0.4 is 9.64 Å². The molecule has 0 saturated carbocycles. The Labute approximate surface area is 164 Å². The van der Waals surface area contributed by atoms with Crippen molar-refractivity contribution in [3.05, 3.63) is 29.0 Å². The summed E-state index contributed by atoms with van der Waals surface area (Å²) in [7, 11) is 3.58. The van der Waals surface area contributed by atoms with Crippen LogP contribution in [0.3, 0.4) is 0 Å². The molecule has 8 heteroatoms. The summed E-state index contributed by atoms with van der Waals surface area (Å²) in [6, 6.07) is 7.78. The van der Waals surface area contributed by atoms with Crippen LogP contribution in [0.25, 0.3) is 11.4 Å². The third kappa shape index (κ3) is 4.39. The molecular weight excluding hydrogens is 364 g/mol. The number of nitrogens with one attached hydrogen (secondary N) is 1. The number of carbonyl (C=O) groups excluding carboxylic acids is 1. The molecule has 27 heavy (non-hydrogen) atoms. The lowest BCUT2D eigenvalue weighted by Crippen LogP contribution is -3.13. The lowest BCUT2D eigenvalue weighted by atomic mass is 9.99. The van der Waals surface area contributed by atoms with Crippen LogP contribution in [0.4, 0.5) is 0 Å². The van der Waals surface area contributed by atoms with Gasteiger partial charge in [0.25, 0.3) is 0 Å². The van der Waals surface area contributed by atoms with Crippen LogP contribution in [0.15, 0.2) is 24.3 Å². The molecule has 1 aromatic carbocycles. The minimum absolute atomic E-state index is 0.0346. The first-order valence-electron chi connectivity index (χ1n) is 9.32. The largest absolute Gasteiger partial charge is 0.497 e. The van der Waals surface area contributed by atoms with Crippen LogP contribution in [-0.4, -0.2) is 47.1 Å². The molecule has 1 saturated heterocycles. The van der Waals surface area contributed by atoms with E-state index in [1.54, 1.807) is 7.11 Å². The number of benzene rings is 1. The molecule has 1 aliphatic heterocycles. The van der Waals surface area contributed by atoms with Crippen molar-refractivity contribution < 1.29 is 19.2 Å². The molecular formula is C19H27N4O3S+. The average molecular weight is 392 g/mol. The van der Waals surface area contributed by atoms with Gasteiger partial charge in [-0.25, -0.2) is 0 Å². The van der Waals surface area contributed by atoms with Crippen molar-refractivity contribution in [2.75, 3.05) is 26.8 Å². The number of piperidine rings is 1. The molecule has 2 atom stereocenters. The summed E-state index contributed by atoms with van der Waals surface area (Å²) in [5.74, 6) is 1.51. The van der Waals surface area contributed by atoms with Crippen molar-refractivity contribution in [3.63, 3.8) is 0 Å². The Hall–Kier alpha value is -2.19. The monoisotopic (exact) mass is 391 g/mol. The number of carbonyl (C=O) groups is 1. The number of rotatable bonds is 6. The zero-order chi connectivity index (χ0) is 19.4. The number of ether oxygens (including phenoxy) is 2. The van der Waals surface area contributed by atoms with Crippen molar-refractivity contribution in [1.29, 1.82) is 0 Å². The van der Waals surface area contributed by atoms with Crippen molar-refractivity contribution in [2.45, 2.75) is 26.4 Å². The van der Waals surface area contributed by atoms with E-state index < -0.39 is 0 Å². The molecule has 2 aromatic rings. The molecule has 1 unspecified atom stereocenters. The molecule has 1 aliphatic rings. The molecule has 1 aromatic heterocycles. The topological polar surface area (TPSA) is 62.7 Å². The molecule has 0 radical (unpaired) electrons. The molecule has 0 spiro atoms. The van der Waals surface area contributed by atoms with E-state index in [0.29, 0.717) is 18.0 Å². The van der Waals surface area contributed by atoms with Crippen LogP contribution in [0.2, 0.25) is 0 Å². The Morgan fingerprint density at radius 3 is 2.78 bits per heavy atom. The van der Waals surface area contributed by atoms with Gasteiger partial charge in [-0.2, -0.15) is 4.68 Å². The number of aromatic nitrogens is 3. The molecule has 0 aliphatic carbocycles. The second-order valence-corrected chi connectivity index (χ2v) is 7.21. The summed E-state index contributed by atoms with van der Waals surface area (Å²) < 4.78 is 14.9. The second kappa shape index (κ2) is 8.67. The van der Waals surface area contributed by atoms with Gasteiger partial charge in [-0.05, 0) is 56.2 Å². The van der Waals surface area contributed by atoms with E-state index in [2.05, 4.69) is 0 Å². The minimum atomic E-state index is -0.0850. The van der Waals surface area contributed by atoms with Crippen molar-refractivity contribution in [2.24, 2.45) is 13.0 Å². The molecule has 146 valence electrons. The van der Waals surface area contributed by atoms with Crippen LogP contribution in [0.1, 0.15) is 19.8 Å². The SMILES string of the molecule is CCOC(=O)[C@@H]1CCC[NH+](Cn2nc(-c3ccc(OC)cc3)n(C)c2=S)C1. The summed E-state index contributed by atoms with van der Waals surface area (Å²) >= 11 is 5.59. The molecule has 2 heterocycles. The van der Waals surface area contributed by atoms with E-state index in [-0.39, 0.29) is 11.9 Å². The van der Waals surface area contributed by atoms with Gasteiger partial charge >= 0.3 is 5.97 Å². The van der Waals surface area contributed by atoms with Crippen LogP contribution in [0.5, 0.6) is 5.75 Å². The number of methoxy groups -OCH3 is 1. The molecule has 7 nitrogen and oxygen atoms in total. The van der Waals surface area contributed by atoms with E-state index in [0.717, 1.165) is 43.1 Å². The van der Waals surface area contributed by atoms with Gasteiger partial charge in [-0.15, -0.1) is 5.10 Å². The molecule has 1 fully saturated rings. The maximum absolute atomic E-state index is 12.1. The lowest BCUT2D eigenvalue weighted by molar-refractivity contribution is -0.930. The molecule has 0 amide bonds. The Kier molecular flexibility index (Phi) is 6.28. The summed E-state index contributed by atoms with van der Waals surface area (Å²) in [6.07, 6.45) is 1.90. The fourth-order valence-electron chi connectivity index (χ4n) is 3.55. The Morgan fingerprint density at radius 2 is 2.11 bits per heavy atom. The van der Waals surface area contributed by atoms with Gasteiger partial charge in [0, 0.05) is 12.6 Å². The van der Waals surface area contributed by atoms with Gasteiger partial charge in [0.15, 0.2) is 12.5 Å². The predicted molar refractivity (Wildman–Crippen MR) is 104 cm³/mol. The van der Waals surface area contributed by atoms with E-state index in [9.17, 15) is 4.79 Å². The van der Waals surface area contributed by atoms with Gasteiger partial charge < -0.3 is 18.9 Å². The van der Waals surface area contributed by atoms with Crippen molar-refractivity contribution in [1.82, 2.24) is 14.3 Å². The number of quaternary nitrogens is 1. The predicted octanol–water partition coefficient (Wildman–Crippen LogP) is 1.44. The average Bonchev–Trinajstić information content (AvgIpc) is 2.97. The standard InChI is InChI=1S/C19H26N4O3S/c1-4-26-18(24)15-6-5-11-22(12-15)13-23-19(27)21(2)17(20-23)14-7-9-16(25-3)10-8-14/h7-10,15H,4-6,11-13H2,1-3H3/p+1/t15-/m1/s1. The zero-order valence-electron chi connectivity index (χ0n) is 16.1. The third-order valence-corrected chi connectivity index (χ3v) is 5.48. The number of hydrogen-bond acceptors (Lipinski definition) is 5. The first kappa shape index (κ1) is 19.6. The fraction of sp³-hybridized carbons (Fsp3) is 0.526. The Bertz CT molecular complexity index is 844. The van der Waals surface area contributed by atoms with Crippen molar-refractivity contribution >= 4 is 18.2 Å². The normalized spacial score (nSPS) is 19.7. The van der Waals surface area contributed by atoms with Gasteiger partial charge in [-0.3, -0.25) is 4.79 Å². The lowest BCUT2D eigenvalue weighted by Gasteiger charge is -2.28. The number of hydrogen-bond donors (Lipinski definition) is 1. The van der Waals surface area contributed by atoms with E-state index in [4.69, 9.17) is 26.8 Å². The number of nitrogens with zero attached hydrogens (tertiary/aromatic N) is 3. The number of likely N-dealkylation sites (tertiary alicyclic amines) is 1. The maximum atomic E-state index is 12.1. The van der Waals surface area contributed by atoms with Gasteiger partial charge in [0.1, 0.15) is 11.7 Å². The molecule has 0 bridgehead atoms. The highest BCUT2D eigenvalue weighted by atomic mass is 32.1. The van der Waals surface area contributed by atoms with Crippen LogP contribution in [-0.2, 0) is 23.2 Å². The third-order valence-electron chi connectivity index (χ3n) is 5.00. The Morgan fingerprint density at radius 1 is 1.37 bits per heavy atom. The van der Waals surface area contributed by atoms with E-state index in [1.165, 1.54) is 4.90 Å². The van der Waals surface area contributed by atoms with Crippen LogP contribution >= 0.6 is 12.2 Å². The summed E-state index contributed by atoms with van der Waals surface area (Å²) in [5, 5.41) is 4.73. The summed E-state index contributed by atoms with van der Waals surface area (Å²) in [4.78, 5) is 13.4.